The molecule has 5 aromatic rings. The van der Waals surface area contributed by atoms with Crippen LogP contribution in [0.15, 0.2) is 121 Å². The summed E-state index contributed by atoms with van der Waals surface area (Å²) in [7, 11) is 0.685. The van der Waals surface area contributed by atoms with Crippen LogP contribution < -0.4 is 34.7 Å². The lowest BCUT2D eigenvalue weighted by Gasteiger charge is -2.39. The van der Waals surface area contributed by atoms with Crippen molar-refractivity contribution >= 4 is 48.0 Å². The number of fused-ring (bicyclic) bond motifs is 3. The lowest BCUT2D eigenvalue weighted by Crippen LogP contribution is -2.55. The van der Waals surface area contributed by atoms with Gasteiger partial charge < -0.3 is 39.3 Å². The van der Waals surface area contributed by atoms with Gasteiger partial charge in [0.2, 0.25) is 5.91 Å². The van der Waals surface area contributed by atoms with Crippen molar-refractivity contribution in [3.05, 3.63) is 144 Å². The minimum Gasteiger partial charge on any atom is -0.497 e. The van der Waals surface area contributed by atoms with Crippen molar-refractivity contribution in [2.45, 2.75) is 87.6 Å². The molecule has 5 aliphatic heterocycles. The Morgan fingerprint density at radius 2 is 1.51 bits per heavy atom. The highest BCUT2D eigenvalue weighted by molar-refractivity contribution is 6.91. The Morgan fingerprint density at radius 3 is 2.22 bits per heavy atom. The number of piperidine rings is 1. The molecule has 0 unspecified atom stereocenters. The van der Waals surface area contributed by atoms with Crippen LogP contribution in [-0.4, -0.2) is 94.1 Å². The van der Waals surface area contributed by atoms with Crippen molar-refractivity contribution in [1.29, 1.82) is 0 Å². The summed E-state index contributed by atoms with van der Waals surface area (Å²) in [5.41, 5.74) is 4.08. The van der Waals surface area contributed by atoms with E-state index in [0.717, 1.165) is 58.2 Å². The second-order valence-corrected chi connectivity index (χ2v) is 24.2. The molecule has 3 fully saturated rings. The third-order valence-corrected chi connectivity index (χ3v) is 20.2. The maximum absolute atomic E-state index is 15.8. The van der Waals surface area contributed by atoms with Crippen molar-refractivity contribution in [2.24, 2.45) is 5.92 Å². The number of anilines is 3. The fourth-order valence-electron chi connectivity index (χ4n) is 12.3. The van der Waals surface area contributed by atoms with Gasteiger partial charge in [0.1, 0.15) is 17.0 Å². The molecular weight excluding hydrogens is 859 g/mol. The van der Waals surface area contributed by atoms with E-state index in [0.29, 0.717) is 38.2 Å². The summed E-state index contributed by atoms with van der Waals surface area (Å²) in [4.78, 5) is 53.1. The number of rotatable bonds is 11. The Morgan fingerprint density at radius 1 is 0.821 bits per heavy atom. The molecule has 10 rings (SSSR count). The molecule has 5 heterocycles. The zero-order valence-corrected chi connectivity index (χ0v) is 40.1. The van der Waals surface area contributed by atoms with Crippen LogP contribution >= 0.6 is 0 Å². The van der Waals surface area contributed by atoms with Crippen LogP contribution in [0.1, 0.15) is 48.4 Å². The van der Waals surface area contributed by atoms with Crippen LogP contribution in [-0.2, 0) is 44.2 Å². The second kappa shape index (κ2) is 17.6. The summed E-state index contributed by atoms with van der Waals surface area (Å²) in [5, 5.41) is 15.2. The monoisotopic (exact) mass is 919 g/mol. The Labute approximate surface area is 394 Å². The average Bonchev–Trinajstić information content (AvgIpc) is 3.90. The average molecular weight is 920 g/mol. The van der Waals surface area contributed by atoms with Gasteiger partial charge in [0, 0.05) is 29.4 Å². The highest BCUT2D eigenvalue weighted by Gasteiger charge is 2.67. The largest absolute Gasteiger partial charge is 0.497 e. The van der Waals surface area contributed by atoms with E-state index in [1.807, 2.05) is 106 Å². The van der Waals surface area contributed by atoms with Crippen LogP contribution in [0, 0.1) is 5.92 Å². The number of nitrogens with one attached hydrogen (secondary N) is 1. The van der Waals surface area contributed by atoms with Gasteiger partial charge in [-0.15, -0.1) is 0 Å². The van der Waals surface area contributed by atoms with Crippen molar-refractivity contribution < 1.29 is 33.7 Å². The summed E-state index contributed by atoms with van der Waals surface area (Å²) in [5.74, 6) is 0.805. The van der Waals surface area contributed by atoms with Gasteiger partial charge in [-0.3, -0.25) is 19.3 Å². The van der Waals surface area contributed by atoms with Crippen LogP contribution in [0.4, 0.5) is 17.1 Å². The van der Waals surface area contributed by atoms with Crippen LogP contribution in [0.3, 0.4) is 0 Å². The molecule has 12 nitrogen and oxygen atoms in total. The molecule has 0 radical (unpaired) electrons. The fourth-order valence-corrected chi connectivity index (χ4v) is 16.3. The number of methoxy groups -OCH3 is 2. The minimum atomic E-state index is -2.59. The van der Waals surface area contributed by atoms with Gasteiger partial charge in [-0.25, -0.2) is 0 Å². The summed E-state index contributed by atoms with van der Waals surface area (Å²) >= 11 is 0. The van der Waals surface area contributed by atoms with Gasteiger partial charge in [0.15, 0.2) is 5.60 Å². The molecular formula is C54H61N5O7Si. The van der Waals surface area contributed by atoms with Gasteiger partial charge in [-0.1, -0.05) is 91.9 Å². The SMILES string of the molecule is COc1ccc([Si](C)(C)[C@@H]2[C@@H](CC(=O)N3Cc4ccccc4C[C@H]3CO)O[C@]3(C(=O)N(Cc4cccc(N5CN(c6ccccc6)C6(CCNCC6)C5=O)c4)c4ccc(OC)cc43)[C@H]2C)cc1. The van der Waals surface area contributed by atoms with E-state index in [4.69, 9.17) is 14.2 Å². The molecule has 0 bridgehead atoms. The highest BCUT2D eigenvalue weighted by Crippen LogP contribution is 2.61. The Balaban J connectivity index is 1.01. The first-order chi connectivity index (χ1) is 32.4. The molecule has 0 aliphatic carbocycles. The minimum absolute atomic E-state index is 0.0536. The first-order valence-electron chi connectivity index (χ1n) is 23.7. The molecule has 0 saturated carbocycles. The molecule has 3 saturated heterocycles. The van der Waals surface area contributed by atoms with E-state index in [1.54, 1.807) is 14.2 Å². The van der Waals surface area contributed by atoms with E-state index in [1.165, 1.54) is 5.19 Å². The van der Waals surface area contributed by atoms with Crippen molar-refractivity contribution in [1.82, 2.24) is 10.2 Å². The maximum atomic E-state index is 15.8. The van der Waals surface area contributed by atoms with Gasteiger partial charge in [-0.05, 0) is 109 Å². The summed E-state index contributed by atoms with van der Waals surface area (Å²) in [6.45, 7) is 9.17. The van der Waals surface area contributed by atoms with Gasteiger partial charge in [-0.2, -0.15) is 0 Å². The molecule has 348 valence electrons. The number of ether oxygens (including phenoxy) is 3. The molecule has 2 N–H and O–H groups in total. The zero-order valence-electron chi connectivity index (χ0n) is 39.1. The lowest BCUT2D eigenvalue weighted by molar-refractivity contribution is -0.151. The van der Waals surface area contributed by atoms with E-state index in [9.17, 15) is 14.7 Å². The molecule has 5 atom stereocenters. The summed E-state index contributed by atoms with van der Waals surface area (Å²) < 4.78 is 18.8. The number of benzene rings is 5. The standard InChI is InChI=1S/C54H61N5O7Si/c1-36-50(67(4,5)45-21-18-43(64-2)19-22-45)48(31-49(61)56-33-39-14-10-9-13-38(39)29-42(56)34-60)66-54(36)46-30-44(65-3)20-23-47(46)57(52(54)63)32-37-12-11-17-41(28-37)58-35-59(40-15-7-6-8-16-40)53(51(58)62)24-26-55-27-25-53/h6-23,28,30,36,42,48,50,55,60H,24-27,29,31-35H2,1-5H3/t36-,42-,48+,50-,54+/m0/s1. The quantitative estimate of drug-likeness (QED) is 0.139. The van der Waals surface area contributed by atoms with Gasteiger partial charge in [0.05, 0.1) is 66.4 Å². The van der Waals surface area contributed by atoms with Crippen molar-refractivity contribution in [2.75, 3.05) is 55.3 Å². The highest BCUT2D eigenvalue weighted by atomic mass is 28.3. The molecule has 67 heavy (non-hydrogen) atoms. The van der Waals surface area contributed by atoms with E-state index >= 15 is 4.79 Å². The number of amides is 3. The predicted molar refractivity (Wildman–Crippen MR) is 262 cm³/mol. The summed E-state index contributed by atoms with van der Waals surface area (Å²) in [6, 6.07) is 39.9. The van der Waals surface area contributed by atoms with E-state index < -0.39 is 25.3 Å². The van der Waals surface area contributed by atoms with Crippen LogP contribution in [0.5, 0.6) is 11.5 Å². The molecule has 5 aliphatic rings. The normalized spacial score (nSPS) is 24.4. The van der Waals surface area contributed by atoms with Gasteiger partial charge in [0.25, 0.3) is 11.8 Å². The van der Waals surface area contributed by atoms with Crippen LogP contribution in [0.25, 0.3) is 0 Å². The van der Waals surface area contributed by atoms with Gasteiger partial charge >= 0.3 is 0 Å². The number of carbonyl (C=O) groups excluding carboxylic acids is 3. The molecule has 0 aromatic heterocycles. The predicted octanol–water partition coefficient (Wildman–Crippen LogP) is 6.74. The maximum Gasteiger partial charge on any atom is 0.264 e. The van der Waals surface area contributed by atoms with Crippen molar-refractivity contribution in [3.8, 4) is 11.5 Å². The summed E-state index contributed by atoms with van der Waals surface area (Å²) in [6.07, 6.45) is 1.42. The number of hydrogen-bond acceptors (Lipinski definition) is 9. The van der Waals surface area contributed by atoms with E-state index in [2.05, 4.69) is 60.6 Å². The lowest BCUT2D eigenvalue weighted by atomic mass is 9.82. The van der Waals surface area contributed by atoms with Crippen molar-refractivity contribution in [3.63, 3.8) is 0 Å². The van der Waals surface area contributed by atoms with Crippen LogP contribution in [0.2, 0.25) is 18.6 Å². The smallest absolute Gasteiger partial charge is 0.264 e. The third kappa shape index (κ3) is 7.42. The zero-order chi connectivity index (χ0) is 46.7. The Kier molecular flexibility index (Phi) is 11.8. The molecule has 5 aromatic carbocycles. The fraction of sp³-hybridized carbons (Fsp3) is 0.389. The number of nitrogens with zero attached hydrogens (tertiary/aromatic N) is 4. The molecule has 3 amide bonds. The number of aliphatic hydroxyl groups is 1. The first kappa shape index (κ1) is 44.8. The Hall–Kier alpha value is -5.99. The molecule has 2 spiro atoms. The Bertz CT molecular complexity index is 2670. The topological polar surface area (TPSA) is 124 Å². The number of hydrogen-bond donors (Lipinski definition) is 2. The number of aliphatic hydroxyl groups excluding tert-OH is 1. The van der Waals surface area contributed by atoms with E-state index in [-0.39, 0.29) is 54.8 Å². The second-order valence-electron chi connectivity index (χ2n) is 19.6. The third-order valence-electron chi connectivity index (χ3n) is 15.8. The molecule has 13 heteroatoms. The first-order valence-corrected chi connectivity index (χ1v) is 26.8. The number of carbonyl (C=O) groups is 3. The number of para-hydroxylation sites is 1.